The Morgan fingerprint density at radius 2 is 1.02 bits per heavy atom. The highest BCUT2D eigenvalue weighted by atomic mass is 32.1. The van der Waals surface area contributed by atoms with Gasteiger partial charge in [0.05, 0.1) is 11.1 Å². The average Bonchev–Trinajstić information content (AvgIpc) is 3.93. The third kappa shape index (κ3) is 5.62. The monoisotopic (exact) mass is 839 g/mol. The molecule has 1 aromatic heterocycles. The molecule has 0 saturated carbocycles. The Morgan fingerprint density at radius 3 is 1.72 bits per heavy atom. The molecular formula is C62H49NS. The Balaban J connectivity index is 1.14. The van der Waals surface area contributed by atoms with Crippen LogP contribution in [-0.4, -0.2) is 0 Å². The summed E-state index contributed by atoms with van der Waals surface area (Å²) < 4.78 is 2.67. The lowest BCUT2D eigenvalue weighted by Gasteiger charge is -2.35. The van der Waals surface area contributed by atoms with Crippen LogP contribution in [0.2, 0.25) is 0 Å². The lowest BCUT2D eigenvalue weighted by Crippen LogP contribution is -2.28. The first-order chi connectivity index (χ1) is 31.1. The molecule has 1 heterocycles. The molecule has 0 amide bonds. The van der Waals surface area contributed by atoms with E-state index in [1.807, 2.05) is 11.3 Å². The topological polar surface area (TPSA) is 3.24 Å². The zero-order valence-corrected chi connectivity index (χ0v) is 37.8. The molecule has 2 aliphatic carbocycles. The van der Waals surface area contributed by atoms with Crippen LogP contribution in [0, 0.1) is 0 Å². The number of anilines is 3. The van der Waals surface area contributed by atoms with Gasteiger partial charge in [-0.2, -0.15) is 0 Å². The van der Waals surface area contributed by atoms with E-state index in [-0.39, 0.29) is 10.8 Å². The van der Waals surface area contributed by atoms with Crippen molar-refractivity contribution in [2.45, 2.75) is 50.9 Å². The summed E-state index contributed by atoms with van der Waals surface area (Å²) in [5.41, 5.74) is 19.7. The molecule has 0 aliphatic heterocycles. The maximum absolute atomic E-state index is 2.54. The number of thiophene rings is 1. The van der Waals surface area contributed by atoms with Gasteiger partial charge < -0.3 is 4.90 Å². The highest BCUT2D eigenvalue weighted by Gasteiger charge is 2.46. The van der Waals surface area contributed by atoms with Crippen LogP contribution in [0.4, 0.5) is 17.1 Å². The van der Waals surface area contributed by atoms with E-state index in [1.54, 1.807) is 0 Å². The van der Waals surface area contributed by atoms with E-state index < -0.39 is 5.41 Å². The van der Waals surface area contributed by atoms with Gasteiger partial charge in [-0.25, -0.2) is 0 Å². The maximum atomic E-state index is 2.54. The molecular weight excluding hydrogens is 791 g/mol. The molecule has 2 heteroatoms. The molecule has 10 aromatic rings. The quantitative estimate of drug-likeness (QED) is 0.161. The second-order valence-electron chi connectivity index (χ2n) is 19.3. The highest BCUT2D eigenvalue weighted by molar-refractivity contribution is 7.26. The van der Waals surface area contributed by atoms with E-state index in [4.69, 9.17) is 0 Å². The third-order valence-corrected chi connectivity index (χ3v) is 15.4. The molecule has 0 bridgehead atoms. The van der Waals surface area contributed by atoms with Gasteiger partial charge in [0.1, 0.15) is 0 Å². The molecule has 0 spiro atoms. The highest BCUT2D eigenvalue weighted by Crippen LogP contribution is 2.60. The van der Waals surface area contributed by atoms with E-state index in [9.17, 15) is 0 Å². The second kappa shape index (κ2) is 14.3. The Hall–Kier alpha value is -7.00. The normalized spacial score (nSPS) is 14.3. The summed E-state index contributed by atoms with van der Waals surface area (Å²) in [5, 5.41) is 2.73. The van der Waals surface area contributed by atoms with Crippen LogP contribution in [0.5, 0.6) is 0 Å². The minimum absolute atomic E-state index is 0.0356. The number of benzene rings is 9. The fourth-order valence-electron chi connectivity index (χ4n) is 11.2. The molecule has 0 unspecified atom stereocenters. The van der Waals surface area contributed by atoms with Gasteiger partial charge in [0.15, 0.2) is 0 Å². The molecule has 0 atom stereocenters. The molecule has 0 fully saturated rings. The summed E-state index contributed by atoms with van der Waals surface area (Å²) in [7, 11) is 0. The summed E-state index contributed by atoms with van der Waals surface area (Å²) >= 11 is 1.92. The molecule has 9 aromatic carbocycles. The van der Waals surface area contributed by atoms with Crippen molar-refractivity contribution in [3.05, 3.63) is 245 Å². The average molecular weight is 840 g/mol. The van der Waals surface area contributed by atoms with Crippen molar-refractivity contribution < 1.29 is 0 Å². The van der Waals surface area contributed by atoms with Crippen molar-refractivity contribution in [3.63, 3.8) is 0 Å². The summed E-state index contributed by atoms with van der Waals surface area (Å²) in [6, 6.07) is 77.6. The van der Waals surface area contributed by atoms with Gasteiger partial charge in [-0.15, -0.1) is 11.3 Å². The zero-order valence-electron chi connectivity index (χ0n) is 37.0. The van der Waals surface area contributed by atoms with Gasteiger partial charge in [-0.3, -0.25) is 0 Å². The van der Waals surface area contributed by atoms with Gasteiger partial charge in [0.2, 0.25) is 0 Å². The molecule has 64 heavy (non-hydrogen) atoms. The molecule has 12 rings (SSSR count). The van der Waals surface area contributed by atoms with Crippen molar-refractivity contribution in [1.82, 2.24) is 0 Å². The first-order valence-electron chi connectivity index (χ1n) is 22.6. The first-order valence-corrected chi connectivity index (χ1v) is 23.4. The summed E-state index contributed by atoms with van der Waals surface area (Å²) in [6.45, 7) is 11.8. The smallest absolute Gasteiger partial charge is 0.0714 e. The summed E-state index contributed by atoms with van der Waals surface area (Å²) in [6.07, 6.45) is 0. The zero-order chi connectivity index (χ0) is 43.4. The van der Waals surface area contributed by atoms with Crippen LogP contribution >= 0.6 is 11.3 Å². The van der Waals surface area contributed by atoms with Crippen LogP contribution in [0.15, 0.2) is 206 Å². The number of fused-ring (bicyclic) bond motifs is 10. The third-order valence-electron chi connectivity index (χ3n) is 14.3. The van der Waals surface area contributed by atoms with Crippen LogP contribution in [0.25, 0.3) is 53.6 Å². The summed E-state index contributed by atoms with van der Waals surface area (Å²) in [5.74, 6) is 0. The van der Waals surface area contributed by atoms with Crippen molar-refractivity contribution >= 4 is 48.6 Å². The van der Waals surface area contributed by atoms with Gasteiger partial charge in [0.25, 0.3) is 0 Å². The van der Waals surface area contributed by atoms with Crippen molar-refractivity contribution in [2.24, 2.45) is 0 Å². The van der Waals surface area contributed by atoms with Gasteiger partial charge in [-0.1, -0.05) is 192 Å². The Bertz CT molecular complexity index is 3390. The van der Waals surface area contributed by atoms with Gasteiger partial charge in [-0.05, 0) is 121 Å². The molecule has 2 aliphatic rings. The van der Waals surface area contributed by atoms with Crippen LogP contribution in [-0.2, 0) is 16.2 Å². The molecule has 0 radical (unpaired) electrons. The Kier molecular flexibility index (Phi) is 8.61. The second-order valence-corrected chi connectivity index (χ2v) is 20.3. The lowest BCUT2D eigenvalue weighted by atomic mass is 9.67. The van der Waals surface area contributed by atoms with Crippen LogP contribution in [0.1, 0.15) is 73.6 Å². The van der Waals surface area contributed by atoms with E-state index in [0.717, 1.165) is 11.4 Å². The van der Waals surface area contributed by atoms with Crippen molar-refractivity contribution in [1.29, 1.82) is 0 Å². The van der Waals surface area contributed by atoms with Gasteiger partial charge >= 0.3 is 0 Å². The van der Waals surface area contributed by atoms with Crippen molar-refractivity contribution in [3.8, 4) is 33.4 Å². The van der Waals surface area contributed by atoms with Gasteiger partial charge in [0, 0.05) is 42.5 Å². The molecule has 0 saturated heterocycles. The van der Waals surface area contributed by atoms with E-state index in [1.165, 1.54) is 98.2 Å². The first kappa shape index (κ1) is 38.7. The molecule has 0 N–H and O–H groups in total. The predicted octanol–water partition coefficient (Wildman–Crippen LogP) is 17.2. The largest absolute Gasteiger partial charge is 0.310 e. The Labute approximate surface area is 381 Å². The van der Waals surface area contributed by atoms with E-state index in [0.29, 0.717) is 0 Å². The Morgan fingerprint density at radius 1 is 0.438 bits per heavy atom. The minimum Gasteiger partial charge on any atom is -0.310 e. The van der Waals surface area contributed by atoms with Crippen LogP contribution < -0.4 is 4.90 Å². The standard InChI is InChI=1S/C62H49NS/c1-60(2,3)43-32-36-55-49(39-43)57-56(64-55)37-35-53-59(57)58-52(61(53,4)5)28-17-29-54(58)63(45-33-30-41(31-34-45)40-18-8-6-9-19-40)46-23-16-22-44(38-46)62(42-20-10-7-11-21-42)50-26-14-12-24-47(50)48-25-13-15-27-51(48)62/h6-39H,1-5H3. The van der Waals surface area contributed by atoms with E-state index >= 15 is 0 Å². The number of hydrogen-bond acceptors (Lipinski definition) is 2. The fourth-order valence-corrected chi connectivity index (χ4v) is 12.3. The number of hydrogen-bond donors (Lipinski definition) is 0. The minimum atomic E-state index is -0.521. The van der Waals surface area contributed by atoms with Crippen LogP contribution in [0.3, 0.4) is 0 Å². The van der Waals surface area contributed by atoms with E-state index in [2.05, 4.69) is 246 Å². The molecule has 308 valence electrons. The lowest BCUT2D eigenvalue weighted by molar-refractivity contribution is 0.591. The maximum Gasteiger partial charge on any atom is 0.0714 e. The van der Waals surface area contributed by atoms with Crippen molar-refractivity contribution in [2.75, 3.05) is 4.90 Å². The summed E-state index contributed by atoms with van der Waals surface area (Å²) in [4.78, 5) is 2.54. The molecule has 1 nitrogen and oxygen atoms in total. The number of nitrogens with zero attached hydrogens (tertiary/aromatic N) is 1. The SMILES string of the molecule is CC(C)(C)c1ccc2sc3ccc4c(c3c2c1)-c1c(N(c2ccc(-c3ccccc3)cc2)c2cccc(C3(c5ccccc5)c5ccccc5-c5ccccc53)c2)cccc1C4(C)C. The number of rotatable bonds is 6. The fraction of sp³-hybridized carbons (Fsp3) is 0.129. The predicted molar refractivity (Wildman–Crippen MR) is 273 cm³/mol.